The first-order valence-corrected chi connectivity index (χ1v) is 12.1. The van der Waals surface area contributed by atoms with Crippen molar-refractivity contribution in [1.82, 2.24) is 10.1 Å². The van der Waals surface area contributed by atoms with Crippen molar-refractivity contribution >= 4 is 38.2 Å². The predicted molar refractivity (Wildman–Crippen MR) is 117 cm³/mol. The van der Waals surface area contributed by atoms with Crippen LogP contribution >= 0.6 is 11.3 Å². The van der Waals surface area contributed by atoms with Gasteiger partial charge >= 0.3 is 0 Å². The molecule has 9 nitrogen and oxygen atoms in total. The van der Waals surface area contributed by atoms with E-state index < -0.39 is 10.0 Å². The van der Waals surface area contributed by atoms with Gasteiger partial charge in [0.15, 0.2) is 10.9 Å². The molecule has 0 unspecified atom stereocenters. The summed E-state index contributed by atoms with van der Waals surface area (Å²) in [5.74, 6) is 0.288. The van der Waals surface area contributed by atoms with Crippen molar-refractivity contribution in [2.75, 3.05) is 17.1 Å². The summed E-state index contributed by atoms with van der Waals surface area (Å²) in [5.41, 5.74) is 1.35. The summed E-state index contributed by atoms with van der Waals surface area (Å²) >= 11 is 1.31. The number of carbonyl (C=O) groups is 1. The highest BCUT2D eigenvalue weighted by Gasteiger charge is 2.25. The van der Waals surface area contributed by atoms with Crippen molar-refractivity contribution in [3.05, 3.63) is 36.2 Å². The number of aromatic nitrogens is 2. The van der Waals surface area contributed by atoms with E-state index in [1.165, 1.54) is 36.8 Å². The summed E-state index contributed by atoms with van der Waals surface area (Å²) in [6, 6.07) is 6.27. The summed E-state index contributed by atoms with van der Waals surface area (Å²) in [4.78, 5) is 17.6. The first-order valence-electron chi connectivity index (χ1n) is 9.77. The molecule has 0 saturated heterocycles. The molecule has 31 heavy (non-hydrogen) atoms. The molecule has 0 spiro atoms. The summed E-state index contributed by atoms with van der Waals surface area (Å²) in [6.07, 6.45) is 5.23. The fraction of sp³-hybridized carbons (Fsp3) is 0.350. The van der Waals surface area contributed by atoms with E-state index in [1.807, 2.05) is 6.92 Å². The highest BCUT2D eigenvalue weighted by molar-refractivity contribution is 7.92. The fourth-order valence-electron chi connectivity index (χ4n) is 3.60. The Bertz CT molecular complexity index is 1180. The van der Waals surface area contributed by atoms with Gasteiger partial charge in [0.25, 0.3) is 10.0 Å². The number of methoxy groups -OCH3 is 1. The predicted octanol–water partition coefficient (Wildman–Crippen LogP) is 4.04. The SMILES string of the molecule is COc1ccc(-c2sc(NC(=O)C3CCCC3)nc2C)cc1S(=O)(=O)Nc1ccon1. The zero-order valence-corrected chi connectivity index (χ0v) is 18.7. The molecule has 4 rings (SSSR count). The minimum atomic E-state index is -3.98. The molecule has 1 aliphatic carbocycles. The van der Waals surface area contributed by atoms with Crippen LogP contribution in [0.1, 0.15) is 31.4 Å². The van der Waals surface area contributed by atoms with E-state index in [1.54, 1.807) is 12.1 Å². The van der Waals surface area contributed by atoms with Gasteiger partial charge in [-0.2, -0.15) is 0 Å². The minimum Gasteiger partial charge on any atom is -0.495 e. The lowest BCUT2D eigenvalue weighted by Gasteiger charge is -2.11. The molecule has 0 aliphatic heterocycles. The van der Waals surface area contributed by atoms with Gasteiger partial charge in [-0.3, -0.25) is 9.52 Å². The molecule has 1 aliphatic rings. The van der Waals surface area contributed by atoms with E-state index in [9.17, 15) is 13.2 Å². The Hall–Kier alpha value is -2.92. The number of amides is 1. The zero-order chi connectivity index (χ0) is 22.0. The Morgan fingerprint density at radius 1 is 1.26 bits per heavy atom. The molecule has 1 saturated carbocycles. The molecule has 1 amide bonds. The molecule has 0 atom stereocenters. The first-order chi connectivity index (χ1) is 14.9. The van der Waals surface area contributed by atoms with Crippen LogP contribution in [0.4, 0.5) is 10.9 Å². The summed E-state index contributed by atoms with van der Waals surface area (Å²) in [5, 5.41) is 7.00. The Balaban J connectivity index is 1.63. The van der Waals surface area contributed by atoms with Gasteiger partial charge in [0.05, 0.1) is 17.7 Å². The number of rotatable bonds is 7. The van der Waals surface area contributed by atoms with Gasteiger partial charge in [0.2, 0.25) is 5.91 Å². The van der Waals surface area contributed by atoms with Gasteiger partial charge in [-0.15, -0.1) is 0 Å². The molecule has 2 heterocycles. The molecular weight excluding hydrogens is 440 g/mol. The summed E-state index contributed by atoms with van der Waals surface area (Å²) in [6.45, 7) is 1.82. The second-order valence-corrected chi connectivity index (χ2v) is 9.91. The maximum atomic E-state index is 12.9. The van der Waals surface area contributed by atoms with Crippen molar-refractivity contribution < 1.29 is 22.5 Å². The molecule has 1 fully saturated rings. The number of hydrogen-bond donors (Lipinski definition) is 2. The number of hydrogen-bond acceptors (Lipinski definition) is 8. The van der Waals surface area contributed by atoms with Crippen LogP contribution < -0.4 is 14.8 Å². The molecule has 2 N–H and O–H groups in total. The Morgan fingerprint density at radius 3 is 2.71 bits per heavy atom. The zero-order valence-electron chi connectivity index (χ0n) is 17.0. The number of anilines is 2. The smallest absolute Gasteiger partial charge is 0.266 e. The molecule has 2 aromatic heterocycles. The van der Waals surface area contributed by atoms with Crippen LogP contribution in [0.2, 0.25) is 0 Å². The minimum absolute atomic E-state index is 0.00684. The molecule has 1 aromatic carbocycles. The van der Waals surface area contributed by atoms with Crippen LogP contribution in [0.5, 0.6) is 5.75 Å². The standard InChI is InChI=1S/C20H22N4O5S2/c1-12-18(30-20(21-12)22-19(25)13-5-3-4-6-13)14-7-8-15(28-2)16(11-14)31(26,27)24-17-9-10-29-23-17/h7-11,13H,3-6H2,1-2H3,(H,23,24)(H,21,22,25). The highest BCUT2D eigenvalue weighted by Crippen LogP contribution is 2.37. The van der Waals surface area contributed by atoms with Crippen LogP contribution in [0.3, 0.4) is 0 Å². The normalized spacial score (nSPS) is 14.5. The lowest BCUT2D eigenvalue weighted by Crippen LogP contribution is -2.20. The Kier molecular flexibility index (Phi) is 5.96. The summed E-state index contributed by atoms with van der Waals surface area (Å²) < 4.78 is 38.1. The van der Waals surface area contributed by atoms with Crippen LogP contribution in [-0.4, -0.2) is 31.6 Å². The van der Waals surface area contributed by atoms with Crippen molar-refractivity contribution in [3.63, 3.8) is 0 Å². The number of sulfonamides is 1. The van der Waals surface area contributed by atoms with Gasteiger partial charge in [-0.05, 0) is 43.5 Å². The third kappa shape index (κ3) is 4.57. The van der Waals surface area contributed by atoms with Crippen LogP contribution in [0, 0.1) is 12.8 Å². The number of ether oxygens (including phenoxy) is 1. The molecule has 164 valence electrons. The van der Waals surface area contributed by atoms with Gasteiger partial charge in [-0.25, -0.2) is 13.4 Å². The average molecular weight is 463 g/mol. The number of nitrogens with zero attached hydrogens (tertiary/aromatic N) is 2. The monoisotopic (exact) mass is 462 g/mol. The van der Waals surface area contributed by atoms with Crippen LogP contribution in [-0.2, 0) is 14.8 Å². The summed E-state index contributed by atoms with van der Waals surface area (Å²) in [7, 11) is -2.57. The molecule has 0 radical (unpaired) electrons. The van der Waals surface area contributed by atoms with Crippen LogP contribution in [0.25, 0.3) is 10.4 Å². The van der Waals surface area contributed by atoms with E-state index in [0.29, 0.717) is 16.4 Å². The van der Waals surface area contributed by atoms with E-state index in [2.05, 4.69) is 24.7 Å². The Labute approximate surface area is 183 Å². The van der Waals surface area contributed by atoms with E-state index >= 15 is 0 Å². The number of carbonyl (C=O) groups excluding carboxylic acids is 1. The molecule has 11 heteroatoms. The van der Waals surface area contributed by atoms with E-state index in [-0.39, 0.29) is 28.3 Å². The third-order valence-electron chi connectivity index (χ3n) is 5.14. The lowest BCUT2D eigenvalue weighted by atomic mass is 10.1. The van der Waals surface area contributed by atoms with Gasteiger partial charge < -0.3 is 14.6 Å². The molecule has 0 bridgehead atoms. The number of thiazole rings is 1. The topological polar surface area (TPSA) is 123 Å². The van der Waals surface area contributed by atoms with Crippen molar-refractivity contribution in [2.45, 2.75) is 37.5 Å². The maximum absolute atomic E-state index is 12.9. The highest BCUT2D eigenvalue weighted by atomic mass is 32.2. The Morgan fingerprint density at radius 2 is 2.03 bits per heavy atom. The van der Waals surface area contributed by atoms with Crippen molar-refractivity contribution in [1.29, 1.82) is 0 Å². The second-order valence-electron chi connectivity index (χ2n) is 7.26. The number of nitrogens with one attached hydrogen (secondary N) is 2. The quantitative estimate of drug-likeness (QED) is 0.543. The first kappa shape index (κ1) is 21.3. The van der Waals surface area contributed by atoms with Crippen LogP contribution in [0.15, 0.2) is 39.9 Å². The molecule has 3 aromatic rings. The second kappa shape index (κ2) is 8.67. The van der Waals surface area contributed by atoms with E-state index in [0.717, 1.165) is 30.6 Å². The average Bonchev–Trinajstić information content (AvgIpc) is 3.50. The fourth-order valence-corrected chi connectivity index (χ4v) is 5.75. The number of benzene rings is 1. The third-order valence-corrected chi connectivity index (χ3v) is 7.64. The van der Waals surface area contributed by atoms with Gasteiger partial charge in [-0.1, -0.05) is 29.3 Å². The largest absolute Gasteiger partial charge is 0.495 e. The lowest BCUT2D eigenvalue weighted by molar-refractivity contribution is -0.119. The van der Waals surface area contributed by atoms with Crippen molar-refractivity contribution in [2.24, 2.45) is 5.92 Å². The maximum Gasteiger partial charge on any atom is 0.266 e. The van der Waals surface area contributed by atoms with Gasteiger partial charge in [0.1, 0.15) is 16.9 Å². The van der Waals surface area contributed by atoms with Gasteiger partial charge in [0, 0.05) is 12.0 Å². The van der Waals surface area contributed by atoms with E-state index in [4.69, 9.17) is 4.74 Å². The van der Waals surface area contributed by atoms with Crippen molar-refractivity contribution in [3.8, 4) is 16.2 Å². The molecular formula is C20H22N4O5S2. The number of aryl methyl sites for hydroxylation is 1.